The van der Waals surface area contributed by atoms with Crippen molar-refractivity contribution in [2.75, 3.05) is 20.2 Å². The van der Waals surface area contributed by atoms with E-state index in [1.165, 1.54) is 12.0 Å². The molecule has 4 aromatic rings. The molecule has 51 heavy (non-hydrogen) atoms. The van der Waals surface area contributed by atoms with Crippen LogP contribution in [0.5, 0.6) is 5.75 Å². The van der Waals surface area contributed by atoms with Crippen molar-refractivity contribution in [3.05, 3.63) is 70.9 Å². The predicted molar refractivity (Wildman–Crippen MR) is 196 cm³/mol. The Morgan fingerprint density at radius 2 is 1.80 bits per heavy atom. The molecule has 11 heteroatoms. The molecule has 2 aromatic carbocycles. The summed E-state index contributed by atoms with van der Waals surface area (Å²) in [5.41, 5.74) is 5.17. The van der Waals surface area contributed by atoms with E-state index in [2.05, 4.69) is 33.3 Å². The number of nitrogens with one attached hydrogen (secondary N) is 1. The molecule has 10 nitrogen and oxygen atoms in total. The van der Waals surface area contributed by atoms with Crippen LogP contribution in [0.4, 0.5) is 0 Å². The number of benzene rings is 2. The Morgan fingerprint density at radius 1 is 1.04 bits per heavy atom. The van der Waals surface area contributed by atoms with E-state index in [1.807, 2.05) is 29.3 Å². The topological polar surface area (TPSA) is 124 Å². The average Bonchev–Trinajstić information content (AvgIpc) is 3.55. The molecule has 0 spiro atoms. The molecule has 0 bridgehead atoms. The second kappa shape index (κ2) is 12.8. The molecule has 3 fully saturated rings. The van der Waals surface area contributed by atoms with Gasteiger partial charge in [-0.2, -0.15) is 0 Å². The van der Waals surface area contributed by atoms with E-state index in [4.69, 9.17) is 9.15 Å². The molecule has 2 aliphatic carbocycles. The van der Waals surface area contributed by atoms with Gasteiger partial charge in [0.15, 0.2) is 5.89 Å². The standard InChI is InChI=1S/C40H48N4O6S/c1-5-28-22-41-38(50-28)26-15-17-43(18-16-26)39(46)40-21-33(40)32-20-29(49-4)12-14-30(32)36-35(25-9-7-6-8-10-25)31-13-11-27(19-34(31)44(36)23-40)37(45)42-51(47,48)24(2)3/h11-14,19-20,22,24-26,33H,5-10,15-18,21,23H2,1-4H3,(H,42,45). The summed E-state index contributed by atoms with van der Waals surface area (Å²) in [5.74, 6) is 2.54. The number of carbonyl (C=O) groups is 2. The third kappa shape index (κ3) is 5.76. The zero-order valence-electron chi connectivity index (χ0n) is 30.0. The molecule has 1 N–H and O–H groups in total. The number of carbonyl (C=O) groups excluding carboxylic acids is 2. The smallest absolute Gasteiger partial charge is 0.264 e. The molecule has 2 atom stereocenters. The minimum absolute atomic E-state index is 0.0310. The van der Waals surface area contributed by atoms with Crippen LogP contribution in [0.3, 0.4) is 0 Å². The number of aromatic nitrogens is 2. The van der Waals surface area contributed by atoms with Crippen molar-refractivity contribution in [1.82, 2.24) is 19.2 Å². The lowest BCUT2D eigenvalue weighted by Gasteiger charge is -2.34. The van der Waals surface area contributed by atoms with Gasteiger partial charge in [-0.25, -0.2) is 18.1 Å². The largest absolute Gasteiger partial charge is 0.497 e. The highest BCUT2D eigenvalue weighted by Crippen LogP contribution is 2.66. The molecular formula is C40H48N4O6S. The number of nitrogens with zero attached hydrogens (tertiary/aromatic N) is 3. The lowest BCUT2D eigenvalue weighted by molar-refractivity contribution is -0.139. The molecule has 2 unspecified atom stereocenters. The van der Waals surface area contributed by atoms with Gasteiger partial charge in [-0.1, -0.05) is 32.3 Å². The normalized spacial score (nSPS) is 22.3. The van der Waals surface area contributed by atoms with E-state index in [1.54, 1.807) is 27.0 Å². The summed E-state index contributed by atoms with van der Waals surface area (Å²) in [7, 11) is -2.13. The van der Waals surface area contributed by atoms with Gasteiger partial charge in [0.05, 0.1) is 29.7 Å². The Morgan fingerprint density at radius 3 is 2.49 bits per heavy atom. The van der Waals surface area contributed by atoms with Crippen LogP contribution in [0.25, 0.3) is 22.2 Å². The molecule has 4 aliphatic rings. The zero-order valence-corrected chi connectivity index (χ0v) is 30.9. The van der Waals surface area contributed by atoms with Crippen molar-refractivity contribution < 1.29 is 27.2 Å². The van der Waals surface area contributed by atoms with Gasteiger partial charge in [0.2, 0.25) is 15.9 Å². The lowest BCUT2D eigenvalue weighted by atomic mass is 9.81. The van der Waals surface area contributed by atoms with Crippen molar-refractivity contribution in [2.24, 2.45) is 5.41 Å². The maximum atomic E-state index is 14.9. The van der Waals surface area contributed by atoms with E-state index in [0.29, 0.717) is 25.6 Å². The zero-order chi connectivity index (χ0) is 35.7. The SMILES string of the molecule is CCc1cnc(C2CCN(C(=O)C34CC3c3cc(OC)ccc3-c3c(C5CCCCC5)c5ccc(C(=O)NS(=O)(=O)C(C)C)cc5n3C4)CC2)o1. The fraction of sp³-hybridized carbons (Fsp3) is 0.525. The molecule has 2 amide bonds. The van der Waals surface area contributed by atoms with Crippen molar-refractivity contribution in [3.8, 4) is 17.0 Å². The van der Waals surface area contributed by atoms with Crippen LogP contribution in [0.1, 0.15) is 123 Å². The number of hydrogen-bond acceptors (Lipinski definition) is 7. The second-order valence-electron chi connectivity index (χ2n) is 15.4. The quantitative estimate of drug-likeness (QED) is 0.204. The molecule has 0 radical (unpaired) electrons. The Kier molecular flexibility index (Phi) is 8.55. The highest BCUT2D eigenvalue weighted by atomic mass is 32.2. The maximum absolute atomic E-state index is 14.9. The number of likely N-dealkylation sites (tertiary alicyclic amines) is 1. The first kappa shape index (κ1) is 34.0. The average molecular weight is 713 g/mol. The summed E-state index contributed by atoms with van der Waals surface area (Å²) in [5, 5.41) is 0.329. The van der Waals surface area contributed by atoms with E-state index in [0.717, 1.165) is 96.5 Å². The van der Waals surface area contributed by atoms with Crippen LogP contribution in [-0.2, 0) is 27.8 Å². The summed E-state index contributed by atoms with van der Waals surface area (Å²) in [6, 6.07) is 11.9. The number of piperidine rings is 1. The predicted octanol–water partition coefficient (Wildman–Crippen LogP) is 7.28. The van der Waals surface area contributed by atoms with Crippen LogP contribution in [-0.4, -0.2) is 60.1 Å². The van der Waals surface area contributed by atoms with E-state index in [9.17, 15) is 18.0 Å². The van der Waals surface area contributed by atoms with Crippen molar-refractivity contribution in [2.45, 2.75) is 108 Å². The maximum Gasteiger partial charge on any atom is 0.264 e. The van der Waals surface area contributed by atoms with E-state index < -0.39 is 26.6 Å². The summed E-state index contributed by atoms with van der Waals surface area (Å²) in [6.45, 7) is 6.94. The molecule has 2 aromatic heterocycles. The Bertz CT molecular complexity index is 2120. The van der Waals surface area contributed by atoms with Crippen LogP contribution in [0, 0.1) is 5.41 Å². The number of ether oxygens (including phenoxy) is 1. The van der Waals surface area contributed by atoms with Crippen molar-refractivity contribution in [3.63, 3.8) is 0 Å². The monoisotopic (exact) mass is 712 g/mol. The van der Waals surface area contributed by atoms with Crippen LogP contribution < -0.4 is 9.46 Å². The Labute approximate surface area is 300 Å². The Hall–Kier alpha value is -4.12. The number of fused-ring (bicyclic) bond motifs is 7. The van der Waals surface area contributed by atoms with Gasteiger partial charge in [-0.15, -0.1) is 0 Å². The summed E-state index contributed by atoms with van der Waals surface area (Å²) < 4.78 is 41.7. The molecular weight excluding hydrogens is 665 g/mol. The number of oxazole rings is 1. The third-order valence-electron chi connectivity index (χ3n) is 12.1. The molecule has 8 rings (SSSR count). The second-order valence-corrected chi connectivity index (χ2v) is 17.6. The highest BCUT2D eigenvalue weighted by Gasteiger charge is 2.64. The first-order valence-corrected chi connectivity index (χ1v) is 20.2. The molecule has 2 saturated carbocycles. The van der Waals surface area contributed by atoms with Crippen LogP contribution >= 0.6 is 0 Å². The molecule has 270 valence electrons. The number of amides is 2. The Balaban J connectivity index is 1.23. The minimum Gasteiger partial charge on any atom is -0.497 e. The van der Waals surface area contributed by atoms with E-state index in [-0.39, 0.29) is 23.3 Å². The van der Waals surface area contributed by atoms with E-state index >= 15 is 0 Å². The number of sulfonamides is 1. The number of hydrogen-bond donors (Lipinski definition) is 1. The highest BCUT2D eigenvalue weighted by molar-refractivity contribution is 7.90. The first-order valence-electron chi connectivity index (χ1n) is 18.7. The minimum atomic E-state index is -3.82. The fourth-order valence-electron chi connectivity index (χ4n) is 9.05. The van der Waals surface area contributed by atoms with Gasteiger partial charge >= 0.3 is 0 Å². The van der Waals surface area contributed by atoms with Gasteiger partial charge in [-0.05, 0) is 93.3 Å². The number of aryl methyl sites for hydroxylation is 1. The number of methoxy groups -OCH3 is 1. The van der Waals surface area contributed by atoms with Gasteiger partial charge in [0.1, 0.15) is 11.5 Å². The lowest BCUT2D eigenvalue weighted by Crippen LogP contribution is -2.44. The third-order valence-corrected chi connectivity index (χ3v) is 13.8. The molecule has 1 saturated heterocycles. The summed E-state index contributed by atoms with van der Waals surface area (Å²) >= 11 is 0. The van der Waals surface area contributed by atoms with Crippen molar-refractivity contribution >= 4 is 32.7 Å². The fourth-order valence-corrected chi connectivity index (χ4v) is 9.66. The summed E-state index contributed by atoms with van der Waals surface area (Å²) in [6.07, 6.45) is 10.7. The number of rotatable bonds is 8. The molecule has 2 aliphatic heterocycles. The van der Waals surface area contributed by atoms with Gasteiger partial charge in [0, 0.05) is 59.9 Å². The van der Waals surface area contributed by atoms with Gasteiger partial charge < -0.3 is 18.6 Å². The van der Waals surface area contributed by atoms with Crippen molar-refractivity contribution in [1.29, 1.82) is 0 Å². The molecule has 4 heterocycles. The van der Waals surface area contributed by atoms with Crippen LogP contribution in [0.15, 0.2) is 47.0 Å². The van der Waals surface area contributed by atoms with Gasteiger partial charge in [0.25, 0.3) is 5.91 Å². The summed E-state index contributed by atoms with van der Waals surface area (Å²) in [4.78, 5) is 34.9. The first-order chi connectivity index (χ1) is 24.5. The van der Waals surface area contributed by atoms with Crippen LogP contribution in [0.2, 0.25) is 0 Å². The van der Waals surface area contributed by atoms with Gasteiger partial charge in [-0.3, -0.25) is 9.59 Å².